The Bertz CT molecular complexity index is 1040. The molecule has 0 bridgehead atoms. The van der Waals surface area contributed by atoms with Crippen molar-refractivity contribution in [3.63, 3.8) is 0 Å². The normalized spacial score (nSPS) is 17.5. The number of carbonyl (C=O) groups is 1. The van der Waals surface area contributed by atoms with Crippen LogP contribution in [-0.4, -0.2) is 38.3 Å². The fraction of sp³-hybridized carbons (Fsp3) is 0.409. The Hall–Kier alpha value is -2.09. The molecule has 0 saturated carbocycles. The summed E-state index contributed by atoms with van der Waals surface area (Å²) in [7, 11) is -3.69. The molecule has 1 fully saturated rings. The number of benzene rings is 2. The van der Waals surface area contributed by atoms with Crippen LogP contribution < -0.4 is 10.1 Å². The predicted molar refractivity (Wildman–Crippen MR) is 119 cm³/mol. The molecule has 30 heavy (non-hydrogen) atoms. The third-order valence-electron chi connectivity index (χ3n) is 5.30. The molecule has 1 aliphatic heterocycles. The molecule has 8 heteroatoms. The van der Waals surface area contributed by atoms with E-state index in [0.717, 1.165) is 11.1 Å². The highest BCUT2D eigenvalue weighted by atomic mass is 35.5. The van der Waals surface area contributed by atoms with E-state index in [2.05, 4.69) is 5.32 Å². The first-order valence-corrected chi connectivity index (χ1v) is 11.8. The molecule has 0 aromatic heterocycles. The number of rotatable bonds is 6. The van der Waals surface area contributed by atoms with Gasteiger partial charge >= 0.3 is 0 Å². The minimum atomic E-state index is -3.69. The zero-order valence-corrected chi connectivity index (χ0v) is 19.0. The fourth-order valence-electron chi connectivity index (χ4n) is 3.59. The molecule has 0 spiro atoms. The molecule has 1 heterocycles. The Kier molecular flexibility index (Phi) is 7.06. The van der Waals surface area contributed by atoms with Crippen molar-refractivity contribution in [1.29, 1.82) is 0 Å². The standard InChI is InChI=1S/C22H27ClN2O4S/c1-4-29-21-10-9-19(12-16(21)3)30(27,28)25-11-5-6-17(14-25)22(26)24-20-13-18(23)8-7-15(20)2/h7-10,12-13,17H,4-6,11,14H2,1-3H3,(H,24,26)/t17-/m0/s1. The highest BCUT2D eigenvalue weighted by Crippen LogP contribution is 2.28. The number of amides is 1. The summed E-state index contributed by atoms with van der Waals surface area (Å²) in [5.74, 6) is 0.0584. The van der Waals surface area contributed by atoms with Crippen LogP contribution in [0, 0.1) is 19.8 Å². The van der Waals surface area contributed by atoms with Gasteiger partial charge in [0.05, 0.1) is 17.4 Å². The van der Waals surface area contributed by atoms with Gasteiger partial charge in [-0.25, -0.2) is 8.42 Å². The third kappa shape index (κ3) is 4.96. The van der Waals surface area contributed by atoms with Crippen LogP contribution in [-0.2, 0) is 14.8 Å². The lowest BCUT2D eigenvalue weighted by atomic mass is 9.98. The maximum absolute atomic E-state index is 13.2. The van der Waals surface area contributed by atoms with E-state index < -0.39 is 15.9 Å². The first-order valence-electron chi connectivity index (χ1n) is 10.0. The fourth-order valence-corrected chi connectivity index (χ4v) is 5.37. The van der Waals surface area contributed by atoms with Gasteiger partial charge in [0.1, 0.15) is 5.75 Å². The van der Waals surface area contributed by atoms with Gasteiger partial charge in [0.15, 0.2) is 0 Å². The third-order valence-corrected chi connectivity index (χ3v) is 7.39. The van der Waals surface area contributed by atoms with Crippen LogP contribution in [0.4, 0.5) is 5.69 Å². The molecule has 0 radical (unpaired) electrons. The van der Waals surface area contributed by atoms with E-state index in [1.165, 1.54) is 4.31 Å². The molecular formula is C22H27ClN2O4S. The highest BCUT2D eigenvalue weighted by molar-refractivity contribution is 7.89. The second-order valence-corrected chi connectivity index (χ2v) is 9.89. The Morgan fingerprint density at radius 2 is 1.97 bits per heavy atom. The number of sulfonamides is 1. The van der Waals surface area contributed by atoms with Gasteiger partial charge in [-0.05, 0) is 75.1 Å². The van der Waals surface area contributed by atoms with Crippen molar-refractivity contribution in [2.45, 2.75) is 38.5 Å². The van der Waals surface area contributed by atoms with Crippen LogP contribution in [0.3, 0.4) is 0 Å². The summed E-state index contributed by atoms with van der Waals surface area (Å²) in [5.41, 5.74) is 2.31. The minimum absolute atomic E-state index is 0.153. The molecule has 1 aliphatic rings. The van der Waals surface area contributed by atoms with Crippen molar-refractivity contribution >= 4 is 33.2 Å². The monoisotopic (exact) mass is 450 g/mol. The van der Waals surface area contributed by atoms with Gasteiger partial charge in [-0.3, -0.25) is 4.79 Å². The van der Waals surface area contributed by atoms with Gasteiger partial charge in [0.2, 0.25) is 15.9 Å². The van der Waals surface area contributed by atoms with Crippen LogP contribution in [0.5, 0.6) is 5.75 Å². The van der Waals surface area contributed by atoms with Crippen LogP contribution >= 0.6 is 11.6 Å². The molecule has 1 amide bonds. The SMILES string of the molecule is CCOc1ccc(S(=O)(=O)N2CCC[C@H](C(=O)Nc3cc(Cl)ccc3C)C2)cc1C. The topological polar surface area (TPSA) is 75.7 Å². The van der Waals surface area contributed by atoms with Crippen LogP contribution in [0.1, 0.15) is 30.9 Å². The molecule has 1 atom stereocenters. The summed E-state index contributed by atoms with van der Waals surface area (Å²) in [6.45, 7) is 6.66. The number of anilines is 1. The first-order chi connectivity index (χ1) is 14.2. The van der Waals surface area contributed by atoms with Gasteiger partial charge in [0, 0.05) is 23.8 Å². The number of aryl methyl sites for hydroxylation is 2. The summed E-state index contributed by atoms with van der Waals surface area (Å²) >= 11 is 6.03. The second kappa shape index (κ2) is 9.37. The maximum atomic E-state index is 13.2. The number of carbonyl (C=O) groups excluding carboxylic acids is 1. The molecule has 2 aromatic carbocycles. The van der Waals surface area contributed by atoms with Crippen LogP contribution in [0.2, 0.25) is 5.02 Å². The Balaban J connectivity index is 1.75. The second-order valence-electron chi connectivity index (χ2n) is 7.51. The summed E-state index contributed by atoms with van der Waals surface area (Å²) < 4.78 is 33.2. The molecule has 2 aromatic rings. The van der Waals surface area contributed by atoms with Crippen molar-refractivity contribution in [2.75, 3.05) is 25.0 Å². The van der Waals surface area contributed by atoms with Crippen molar-refractivity contribution < 1.29 is 17.9 Å². The van der Waals surface area contributed by atoms with E-state index in [9.17, 15) is 13.2 Å². The average molecular weight is 451 g/mol. The molecular weight excluding hydrogens is 424 g/mol. The van der Waals surface area contributed by atoms with Gasteiger partial charge in [0.25, 0.3) is 0 Å². The van der Waals surface area contributed by atoms with E-state index in [-0.39, 0.29) is 17.3 Å². The highest BCUT2D eigenvalue weighted by Gasteiger charge is 2.33. The van der Waals surface area contributed by atoms with Crippen molar-refractivity contribution in [2.24, 2.45) is 5.92 Å². The summed E-state index contributed by atoms with van der Waals surface area (Å²) in [6.07, 6.45) is 1.27. The zero-order chi connectivity index (χ0) is 21.9. The number of hydrogen-bond acceptors (Lipinski definition) is 4. The lowest BCUT2D eigenvalue weighted by molar-refractivity contribution is -0.120. The number of piperidine rings is 1. The van der Waals surface area contributed by atoms with E-state index >= 15 is 0 Å². The maximum Gasteiger partial charge on any atom is 0.243 e. The molecule has 0 aliphatic carbocycles. The lowest BCUT2D eigenvalue weighted by Gasteiger charge is -2.31. The Labute approximate surface area is 183 Å². The summed E-state index contributed by atoms with van der Waals surface area (Å²) in [6, 6.07) is 10.2. The van der Waals surface area contributed by atoms with Crippen molar-refractivity contribution in [3.05, 3.63) is 52.5 Å². The molecule has 0 unspecified atom stereocenters. The van der Waals surface area contributed by atoms with E-state index in [0.29, 0.717) is 42.5 Å². The average Bonchev–Trinajstić information content (AvgIpc) is 2.72. The smallest absolute Gasteiger partial charge is 0.243 e. The Morgan fingerprint density at radius 1 is 1.20 bits per heavy atom. The predicted octanol–water partition coefficient (Wildman–Crippen LogP) is 4.39. The number of hydrogen-bond donors (Lipinski definition) is 1. The summed E-state index contributed by atoms with van der Waals surface area (Å²) in [5, 5.41) is 3.44. The van der Waals surface area contributed by atoms with Crippen molar-refractivity contribution in [1.82, 2.24) is 4.31 Å². The van der Waals surface area contributed by atoms with Crippen molar-refractivity contribution in [3.8, 4) is 5.75 Å². The molecule has 6 nitrogen and oxygen atoms in total. The van der Waals surface area contributed by atoms with Gasteiger partial charge in [-0.1, -0.05) is 17.7 Å². The molecule has 1 N–H and O–H groups in total. The Morgan fingerprint density at radius 3 is 2.67 bits per heavy atom. The van der Waals surface area contributed by atoms with Gasteiger partial charge < -0.3 is 10.1 Å². The van der Waals surface area contributed by atoms with Gasteiger partial charge in [-0.2, -0.15) is 4.31 Å². The number of nitrogens with zero attached hydrogens (tertiary/aromatic N) is 1. The number of ether oxygens (including phenoxy) is 1. The van der Waals surface area contributed by atoms with E-state index in [1.807, 2.05) is 26.8 Å². The lowest BCUT2D eigenvalue weighted by Crippen LogP contribution is -2.43. The van der Waals surface area contributed by atoms with Gasteiger partial charge in [-0.15, -0.1) is 0 Å². The van der Waals surface area contributed by atoms with E-state index in [4.69, 9.17) is 16.3 Å². The minimum Gasteiger partial charge on any atom is -0.494 e. The van der Waals surface area contributed by atoms with E-state index in [1.54, 1.807) is 30.3 Å². The van der Waals surface area contributed by atoms with Crippen LogP contribution in [0.15, 0.2) is 41.3 Å². The van der Waals surface area contributed by atoms with Crippen LogP contribution in [0.25, 0.3) is 0 Å². The molecule has 162 valence electrons. The summed E-state index contributed by atoms with van der Waals surface area (Å²) in [4.78, 5) is 13.0. The quantitative estimate of drug-likeness (QED) is 0.707. The number of halogens is 1. The molecule has 3 rings (SSSR count). The first kappa shape index (κ1) is 22.6. The zero-order valence-electron chi connectivity index (χ0n) is 17.4. The number of nitrogens with one attached hydrogen (secondary N) is 1. The largest absolute Gasteiger partial charge is 0.494 e. The molecule has 1 saturated heterocycles.